The number of nitrogens with one attached hydrogen (secondary N) is 4. The summed E-state index contributed by atoms with van der Waals surface area (Å²) in [5.74, 6) is -0.731. The van der Waals surface area contributed by atoms with Crippen molar-refractivity contribution in [3.05, 3.63) is 58.1 Å². The van der Waals surface area contributed by atoms with Gasteiger partial charge in [0.2, 0.25) is 5.91 Å². The van der Waals surface area contributed by atoms with Crippen LogP contribution in [0.1, 0.15) is 17.3 Å². The second-order valence-corrected chi connectivity index (χ2v) is 6.82. The molecule has 6 nitrogen and oxygen atoms in total. The van der Waals surface area contributed by atoms with Crippen LogP contribution in [0.3, 0.4) is 0 Å². The van der Waals surface area contributed by atoms with Crippen LogP contribution in [0.25, 0.3) is 0 Å². The third-order valence-corrected chi connectivity index (χ3v) is 4.34. The summed E-state index contributed by atoms with van der Waals surface area (Å²) < 4.78 is 0. The third-order valence-electron chi connectivity index (χ3n) is 3.11. The first kappa shape index (κ1) is 21.0. The molecule has 0 atom stereocenters. The molecule has 0 saturated heterocycles. The molecule has 140 valence electrons. The van der Waals surface area contributed by atoms with E-state index in [1.165, 1.54) is 6.92 Å². The van der Waals surface area contributed by atoms with Crippen LogP contribution >= 0.6 is 47.6 Å². The SMILES string of the molecule is CC(=O)NC(=S)Nc1ccc(NC(=S)NC(=O)c2cccc(Cl)c2Cl)cc1. The first-order valence-corrected chi connectivity index (χ1v) is 9.08. The molecule has 10 heteroatoms. The van der Waals surface area contributed by atoms with Crippen molar-refractivity contribution in [3.8, 4) is 0 Å². The molecule has 4 N–H and O–H groups in total. The average Bonchev–Trinajstić information content (AvgIpc) is 2.58. The van der Waals surface area contributed by atoms with Crippen LogP contribution in [0.2, 0.25) is 10.0 Å². The lowest BCUT2D eigenvalue weighted by atomic mass is 10.2. The van der Waals surface area contributed by atoms with Crippen molar-refractivity contribution >= 4 is 81.1 Å². The lowest BCUT2D eigenvalue weighted by molar-refractivity contribution is -0.117. The molecular weight excluding hydrogens is 427 g/mol. The van der Waals surface area contributed by atoms with Crippen LogP contribution in [0.4, 0.5) is 11.4 Å². The van der Waals surface area contributed by atoms with Crippen LogP contribution in [0.15, 0.2) is 42.5 Å². The van der Waals surface area contributed by atoms with Gasteiger partial charge in [-0.3, -0.25) is 14.9 Å². The maximum Gasteiger partial charge on any atom is 0.258 e. The maximum absolute atomic E-state index is 12.2. The van der Waals surface area contributed by atoms with Crippen LogP contribution in [0, 0.1) is 0 Å². The predicted octanol–water partition coefficient (Wildman–Crippen LogP) is 3.95. The minimum absolute atomic E-state index is 0.102. The van der Waals surface area contributed by atoms with Gasteiger partial charge < -0.3 is 16.0 Å². The van der Waals surface area contributed by atoms with Crippen molar-refractivity contribution in [1.82, 2.24) is 10.6 Å². The zero-order valence-electron chi connectivity index (χ0n) is 13.9. The first-order chi connectivity index (χ1) is 12.8. The quantitative estimate of drug-likeness (QED) is 0.540. The normalized spacial score (nSPS) is 9.89. The van der Waals surface area contributed by atoms with Gasteiger partial charge in [-0.1, -0.05) is 29.3 Å². The highest BCUT2D eigenvalue weighted by Gasteiger charge is 2.13. The van der Waals surface area contributed by atoms with Crippen molar-refractivity contribution < 1.29 is 9.59 Å². The van der Waals surface area contributed by atoms with E-state index in [2.05, 4.69) is 21.3 Å². The van der Waals surface area contributed by atoms with E-state index >= 15 is 0 Å². The van der Waals surface area contributed by atoms with Crippen molar-refractivity contribution in [2.24, 2.45) is 0 Å². The number of anilines is 2. The third kappa shape index (κ3) is 6.44. The van der Waals surface area contributed by atoms with Crippen LogP contribution in [-0.4, -0.2) is 22.0 Å². The second-order valence-electron chi connectivity index (χ2n) is 5.22. The fraction of sp³-hybridized carbons (Fsp3) is 0.0588. The molecule has 2 amide bonds. The van der Waals surface area contributed by atoms with E-state index in [0.29, 0.717) is 11.4 Å². The first-order valence-electron chi connectivity index (χ1n) is 7.51. The second kappa shape index (κ2) is 9.61. The van der Waals surface area contributed by atoms with Crippen LogP contribution in [0.5, 0.6) is 0 Å². The molecule has 0 aliphatic rings. The summed E-state index contributed by atoms with van der Waals surface area (Å²) in [6, 6.07) is 11.7. The summed E-state index contributed by atoms with van der Waals surface area (Å²) in [5.41, 5.74) is 1.55. The number of benzene rings is 2. The van der Waals surface area contributed by atoms with Gasteiger partial charge in [-0.25, -0.2) is 0 Å². The Kier molecular flexibility index (Phi) is 7.49. The Morgan fingerprint density at radius 2 is 1.37 bits per heavy atom. The molecule has 0 aromatic heterocycles. The Labute approximate surface area is 176 Å². The number of amides is 2. The van der Waals surface area contributed by atoms with E-state index in [1.54, 1.807) is 42.5 Å². The Bertz CT molecular complexity index is 904. The maximum atomic E-state index is 12.2. The van der Waals surface area contributed by atoms with Crippen LogP contribution in [-0.2, 0) is 4.79 Å². The van der Waals surface area contributed by atoms with E-state index in [-0.39, 0.29) is 31.7 Å². The van der Waals surface area contributed by atoms with Gasteiger partial charge in [-0.05, 0) is 60.8 Å². The zero-order chi connectivity index (χ0) is 20.0. The van der Waals surface area contributed by atoms with E-state index < -0.39 is 5.91 Å². The number of hydrogen-bond acceptors (Lipinski definition) is 4. The molecule has 0 heterocycles. The average molecular weight is 441 g/mol. The number of carbonyl (C=O) groups excluding carboxylic acids is 2. The van der Waals surface area contributed by atoms with Gasteiger partial charge in [0.25, 0.3) is 5.91 Å². The minimum Gasteiger partial charge on any atom is -0.332 e. The summed E-state index contributed by atoms with van der Waals surface area (Å²) >= 11 is 22.0. The topological polar surface area (TPSA) is 82.3 Å². The van der Waals surface area contributed by atoms with Crippen molar-refractivity contribution in [2.75, 3.05) is 10.6 Å². The predicted molar refractivity (Wildman–Crippen MR) is 117 cm³/mol. The molecule has 0 spiro atoms. The van der Waals surface area contributed by atoms with Crippen LogP contribution < -0.4 is 21.3 Å². The lowest BCUT2D eigenvalue weighted by Gasteiger charge is -2.12. The molecule has 0 fully saturated rings. The number of rotatable bonds is 3. The van der Waals surface area contributed by atoms with E-state index in [9.17, 15) is 9.59 Å². The monoisotopic (exact) mass is 440 g/mol. The highest BCUT2D eigenvalue weighted by atomic mass is 35.5. The largest absolute Gasteiger partial charge is 0.332 e. The Morgan fingerprint density at radius 3 is 1.89 bits per heavy atom. The molecule has 0 saturated carbocycles. The summed E-state index contributed by atoms with van der Waals surface area (Å²) in [5, 5.41) is 11.5. The molecule has 2 rings (SSSR count). The lowest BCUT2D eigenvalue weighted by Crippen LogP contribution is -2.34. The highest BCUT2D eigenvalue weighted by molar-refractivity contribution is 7.80. The molecule has 2 aromatic carbocycles. The molecule has 27 heavy (non-hydrogen) atoms. The smallest absolute Gasteiger partial charge is 0.258 e. The summed E-state index contributed by atoms with van der Waals surface area (Å²) in [7, 11) is 0. The highest BCUT2D eigenvalue weighted by Crippen LogP contribution is 2.25. The molecule has 0 bridgehead atoms. The van der Waals surface area contributed by atoms with Crippen molar-refractivity contribution in [1.29, 1.82) is 0 Å². The zero-order valence-corrected chi connectivity index (χ0v) is 17.1. The Hall–Kier alpha value is -2.26. The number of thiocarbonyl (C=S) groups is 2. The fourth-order valence-corrected chi connectivity index (χ4v) is 2.83. The standard InChI is InChI=1S/C17H14Cl2N4O2S2/c1-9(24)20-16(26)21-10-5-7-11(8-6-10)22-17(27)23-15(25)12-3-2-4-13(18)14(12)19/h2-8H,1H3,(H2,20,21,24,26)(H2,22,23,25,27). The minimum atomic E-state index is -0.473. The number of hydrogen-bond donors (Lipinski definition) is 4. The fourth-order valence-electron chi connectivity index (χ4n) is 1.97. The van der Waals surface area contributed by atoms with Gasteiger partial charge in [0, 0.05) is 18.3 Å². The molecular formula is C17H14Cl2N4O2S2. The van der Waals surface area contributed by atoms with Crippen molar-refractivity contribution in [2.45, 2.75) is 6.92 Å². The number of carbonyl (C=O) groups is 2. The van der Waals surface area contributed by atoms with Gasteiger partial charge in [0.1, 0.15) is 0 Å². The van der Waals surface area contributed by atoms with Gasteiger partial charge >= 0.3 is 0 Å². The Morgan fingerprint density at radius 1 is 0.852 bits per heavy atom. The number of halogens is 2. The van der Waals surface area contributed by atoms with E-state index in [4.69, 9.17) is 47.6 Å². The molecule has 0 radical (unpaired) electrons. The summed E-state index contributed by atoms with van der Waals surface area (Å²) in [6.45, 7) is 1.37. The molecule has 2 aromatic rings. The van der Waals surface area contributed by atoms with E-state index in [1.807, 2.05) is 0 Å². The van der Waals surface area contributed by atoms with E-state index in [0.717, 1.165) is 0 Å². The summed E-state index contributed by atoms with van der Waals surface area (Å²) in [6.07, 6.45) is 0. The van der Waals surface area contributed by atoms with Gasteiger partial charge in [0.05, 0.1) is 15.6 Å². The Balaban J connectivity index is 1.94. The summed E-state index contributed by atoms with van der Waals surface area (Å²) in [4.78, 5) is 23.2. The molecule has 0 aliphatic carbocycles. The van der Waals surface area contributed by atoms with Gasteiger partial charge in [-0.15, -0.1) is 0 Å². The van der Waals surface area contributed by atoms with Gasteiger partial charge in [0.15, 0.2) is 10.2 Å². The van der Waals surface area contributed by atoms with Crippen molar-refractivity contribution in [3.63, 3.8) is 0 Å². The molecule has 0 aliphatic heterocycles. The van der Waals surface area contributed by atoms with Gasteiger partial charge in [-0.2, -0.15) is 0 Å². The molecule has 0 unspecified atom stereocenters.